The van der Waals surface area contributed by atoms with Crippen molar-refractivity contribution >= 4 is 11.8 Å². The van der Waals surface area contributed by atoms with Crippen molar-refractivity contribution in [2.24, 2.45) is 0 Å². The Morgan fingerprint density at radius 2 is 1.67 bits per heavy atom. The van der Waals surface area contributed by atoms with Crippen LogP contribution in [0.3, 0.4) is 0 Å². The lowest BCUT2D eigenvalue weighted by Crippen LogP contribution is -2.45. The van der Waals surface area contributed by atoms with Crippen molar-refractivity contribution in [2.45, 2.75) is 44.6 Å². The van der Waals surface area contributed by atoms with Crippen molar-refractivity contribution in [3.63, 3.8) is 0 Å². The third-order valence-corrected chi connectivity index (χ3v) is 6.99. The van der Waals surface area contributed by atoms with Crippen LogP contribution in [0.2, 0.25) is 0 Å². The van der Waals surface area contributed by atoms with Gasteiger partial charge in [0.1, 0.15) is 12.4 Å². The Kier molecular flexibility index (Phi) is 10.3. The third kappa shape index (κ3) is 8.06. The first-order chi connectivity index (χ1) is 19.0. The van der Waals surface area contributed by atoms with E-state index >= 15 is 0 Å². The molecule has 3 aromatic carbocycles. The van der Waals surface area contributed by atoms with E-state index in [4.69, 9.17) is 9.47 Å². The molecule has 0 saturated carbocycles. The van der Waals surface area contributed by atoms with Crippen LogP contribution in [0.1, 0.15) is 48.0 Å². The topological polar surface area (TPSA) is 59.1 Å². The molecular weight excluding hydrogens is 495 g/mol. The largest absolute Gasteiger partial charge is 0.491 e. The van der Waals surface area contributed by atoms with Crippen molar-refractivity contribution in [3.8, 4) is 11.5 Å². The van der Waals surface area contributed by atoms with Gasteiger partial charge in [-0.1, -0.05) is 54.6 Å². The Morgan fingerprint density at radius 1 is 0.949 bits per heavy atom. The molecule has 4 rings (SSSR count). The van der Waals surface area contributed by atoms with Crippen molar-refractivity contribution < 1.29 is 23.5 Å². The first-order valence-electron chi connectivity index (χ1n) is 13.7. The predicted octanol–water partition coefficient (Wildman–Crippen LogP) is 5.76. The van der Waals surface area contributed by atoms with Gasteiger partial charge < -0.3 is 19.3 Å². The fourth-order valence-corrected chi connectivity index (χ4v) is 4.84. The van der Waals surface area contributed by atoms with Crippen molar-refractivity contribution in [1.29, 1.82) is 0 Å². The molecule has 1 heterocycles. The van der Waals surface area contributed by atoms with Crippen LogP contribution in [0, 0.1) is 5.82 Å². The second kappa shape index (κ2) is 14.3. The molecule has 206 valence electrons. The summed E-state index contributed by atoms with van der Waals surface area (Å²) in [5, 5.41) is 0. The molecule has 0 unspecified atom stereocenters. The highest BCUT2D eigenvalue weighted by Gasteiger charge is 2.26. The number of halogens is 1. The molecule has 1 aliphatic heterocycles. The fraction of sp³-hybridized carbons (Fsp3) is 0.375. The molecule has 1 atom stereocenters. The van der Waals surface area contributed by atoms with Crippen LogP contribution in [0.15, 0.2) is 78.9 Å². The first-order valence-corrected chi connectivity index (χ1v) is 13.7. The van der Waals surface area contributed by atoms with E-state index in [9.17, 15) is 14.0 Å². The lowest BCUT2D eigenvalue weighted by molar-refractivity contribution is -0.134. The molecule has 0 aromatic heterocycles. The third-order valence-electron chi connectivity index (χ3n) is 6.99. The zero-order chi connectivity index (χ0) is 27.5. The highest BCUT2D eigenvalue weighted by molar-refractivity contribution is 5.96. The molecule has 3 aromatic rings. The number of para-hydroxylation sites is 2. The number of nitrogens with zero attached hydrogens (tertiary/aromatic N) is 2. The van der Waals surface area contributed by atoms with Crippen LogP contribution >= 0.6 is 0 Å². The number of ether oxygens (including phenoxy) is 2. The van der Waals surface area contributed by atoms with Crippen LogP contribution in [-0.2, 0) is 11.2 Å². The number of carbonyl (C=O) groups excluding carboxylic acids is 2. The van der Waals surface area contributed by atoms with E-state index in [2.05, 4.69) is 12.1 Å². The maximum Gasteiger partial charge on any atom is 0.257 e. The minimum absolute atomic E-state index is 0.0213. The predicted molar refractivity (Wildman–Crippen MR) is 150 cm³/mol. The van der Waals surface area contributed by atoms with Crippen LogP contribution in [-0.4, -0.2) is 61.0 Å². The van der Waals surface area contributed by atoms with Crippen molar-refractivity contribution in [3.05, 3.63) is 95.8 Å². The van der Waals surface area contributed by atoms with E-state index < -0.39 is 5.82 Å². The Hall–Kier alpha value is -3.87. The maximum atomic E-state index is 13.9. The summed E-state index contributed by atoms with van der Waals surface area (Å²) in [5.74, 6) is 0.269. The van der Waals surface area contributed by atoms with Gasteiger partial charge in [-0.3, -0.25) is 9.59 Å². The number of benzene rings is 3. The SMILES string of the molecule is CN1CCCCCN(C(=O)CCCOc2ccccc2F)[C@@H](Cc2ccccc2)COc2ccccc2C1=O. The molecule has 0 N–H and O–H groups in total. The smallest absolute Gasteiger partial charge is 0.257 e. The molecule has 0 bridgehead atoms. The van der Waals surface area contributed by atoms with Gasteiger partial charge in [-0.05, 0) is 61.9 Å². The Balaban J connectivity index is 1.51. The summed E-state index contributed by atoms with van der Waals surface area (Å²) in [5.41, 5.74) is 1.64. The normalized spacial score (nSPS) is 16.8. The molecule has 6 nitrogen and oxygen atoms in total. The number of carbonyl (C=O) groups is 2. The molecular formula is C32H37FN2O4. The minimum Gasteiger partial charge on any atom is -0.491 e. The van der Waals surface area contributed by atoms with Gasteiger partial charge in [0.25, 0.3) is 5.91 Å². The van der Waals surface area contributed by atoms with E-state index in [1.807, 2.05) is 48.3 Å². The number of hydrogen-bond acceptors (Lipinski definition) is 4. The van der Waals surface area contributed by atoms with E-state index in [-0.39, 0.29) is 43.2 Å². The second-order valence-electron chi connectivity index (χ2n) is 9.91. The van der Waals surface area contributed by atoms with Crippen LogP contribution in [0.5, 0.6) is 11.5 Å². The Morgan fingerprint density at radius 3 is 2.49 bits per heavy atom. The summed E-state index contributed by atoms with van der Waals surface area (Å²) >= 11 is 0. The molecule has 39 heavy (non-hydrogen) atoms. The van der Waals surface area contributed by atoms with Gasteiger partial charge in [-0.25, -0.2) is 4.39 Å². The minimum atomic E-state index is -0.410. The first kappa shape index (κ1) is 28.1. The zero-order valence-electron chi connectivity index (χ0n) is 22.6. The summed E-state index contributed by atoms with van der Waals surface area (Å²) in [6.45, 7) is 1.76. The summed E-state index contributed by atoms with van der Waals surface area (Å²) in [7, 11) is 1.82. The second-order valence-corrected chi connectivity index (χ2v) is 9.91. The summed E-state index contributed by atoms with van der Waals surface area (Å²) < 4.78 is 25.7. The standard InChI is InChI=1S/C32H37FN2O4/c1-34-20-10-3-11-21-35(31(36)19-12-22-38-30-18-9-7-16-28(30)33)26(23-25-13-4-2-5-14-25)24-39-29-17-8-6-15-27(29)32(34)37/h2,4-9,13-18,26H,3,10-12,19-24H2,1H3/t26-/m0/s1. The number of rotatable bonds is 7. The van der Waals surface area contributed by atoms with E-state index in [1.165, 1.54) is 6.07 Å². The van der Waals surface area contributed by atoms with E-state index in [0.717, 1.165) is 24.8 Å². The Labute approximate surface area is 230 Å². The lowest BCUT2D eigenvalue weighted by Gasteiger charge is -2.32. The maximum absolute atomic E-state index is 13.9. The fourth-order valence-electron chi connectivity index (χ4n) is 4.84. The molecule has 0 aliphatic carbocycles. The van der Waals surface area contributed by atoms with Crippen LogP contribution < -0.4 is 9.47 Å². The van der Waals surface area contributed by atoms with Gasteiger partial charge in [0.2, 0.25) is 5.91 Å². The molecule has 1 aliphatic rings. The lowest BCUT2D eigenvalue weighted by atomic mass is 10.0. The monoisotopic (exact) mass is 532 g/mol. The number of hydrogen-bond donors (Lipinski definition) is 0. The molecule has 2 amide bonds. The summed E-state index contributed by atoms with van der Waals surface area (Å²) in [6, 6.07) is 23.4. The summed E-state index contributed by atoms with van der Waals surface area (Å²) in [4.78, 5) is 30.4. The quantitative estimate of drug-likeness (QED) is 0.363. The molecule has 0 spiro atoms. The van der Waals surface area contributed by atoms with Crippen molar-refractivity contribution in [1.82, 2.24) is 9.80 Å². The highest BCUT2D eigenvalue weighted by atomic mass is 19.1. The average molecular weight is 533 g/mol. The van der Waals surface area contributed by atoms with Gasteiger partial charge in [0.05, 0.1) is 18.2 Å². The molecule has 0 radical (unpaired) electrons. The average Bonchev–Trinajstić information content (AvgIpc) is 2.97. The van der Waals surface area contributed by atoms with Gasteiger partial charge in [-0.2, -0.15) is 0 Å². The summed E-state index contributed by atoms with van der Waals surface area (Å²) in [6.07, 6.45) is 3.99. The Bertz CT molecular complexity index is 1220. The van der Waals surface area contributed by atoms with E-state index in [0.29, 0.717) is 37.2 Å². The van der Waals surface area contributed by atoms with Crippen LogP contribution in [0.4, 0.5) is 4.39 Å². The molecule has 0 fully saturated rings. The van der Waals surface area contributed by atoms with Crippen LogP contribution in [0.25, 0.3) is 0 Å². The van der Waals surface area contributed by atoms with Gasteiger partial charge in [0.15, 0.2) is 11.6 Å². The van der Waals surface area contributed by atoms with Crippen molar-refractivity contribution in [2.75, 3.05) is 33.4 Å². The molecule has 0 saturated heterocycles. The number of fused-ring (bicyclic) bond motifs is 1. The van der Waals surface area contributed by atoms with Gasteiger partial charge in [0, 0.05) is 26.6 Å². The number of amides is 2. The molecule has 7 heteroatoms. The zero-order valence-corrected chi connectivity index (χ0v) is 22.6. The van der Waals surface area contributed by atoms with E-state index in [1.54, 1.807) is 29.2 Å². The van der Waals surface area contributed by atoms with Gasteiger partial charge >= 0.3 is 0 Å². The van der Waals surface area contributed by atoms with Gasteiger partial charge in [-0.15, -0.1) is 0 Å². The highest BCUT2D eigenvalue weighted by Crippen LogP contribution is 2.23.